The van der Waals surface area contributed by atoms with Gasteiger partial charge in [-0.05, 0) is 42.2 Å². The van der Waals surface area contributed by atoms with Crippen LogP contribution in [0, 0.1) is 0 Å². The Bertz CT molecular complexity index is 583. The van der Waals surface area contributed by atoms with Crippen LogP contribution in [-0.4, -0.2) is 6.54 Å². The predicted molar refractivity (Wildman–Crippen MR) is 79.0 cm³/mol. The van der Waals surface area contributed by atoms with E-state index in [1.807, 2.05) is 24.3 Å². The lowest BCUT2D eigenvalue weighted by Crippen LogP contribution is -2.12. The zero-order chi connectivity index (χ0) is 13.1. The second-order valence-electron chi connectivity index (χ2n) is 4.74. The number of benzene rings is 2. The van der Waals surface area contributed by atoms with E-state index in [4.69, 9.17) is 16.3 Å². The molecule has 1 N–H and O–H groups in total. The number of halogens is 1. The first-order valence-electron chi connectivity index (χ1n) is 6.56. The van der Waals surface area contributed by atoms with Gasteiger partial charge in [0, 0.05) is 12.2 Å². The van der Waals surface area contributed by atoms with Crippen LogP contribution in [0.1, 0.15) is 17.5 Å². The van der Waals surface area contributed by atoms with Gasteiger partial charge in [-0.15, -0.1) is 0 Å². The SMILES string of the molecule is Clc1ccccc1OCc1ccc2c(c1)NCCC2. The van der Waals surface area contributed by atoms with Crippen molar-refractivity contribution in [1.82, 2.24) is 0 Å². The Morgan fingerprint density at radius 2 is 2.05 bits per heavy atom. The number of anilines is 1. The minimum Gasteiger partial charge on any atom is -0.487 e. The van der Waals surface area contributed by atoms with Crippen molar-refractivity contribution in [3.8, 4) is 5.75 Å². The van der Waals surface area contributed by atoms with Crippen LogP contribution in [0.3, 0.4) is 0 Å². The van der Waals surface area contributed by atoms with Crippen LogP contribution < -0.4 is 10.1 Å². The highest BCUT2D eigenvalue weighted by Crippen LogP contribution is 2.26. The Hall–Kier alpha value is -1.67. The number of aryl methyl sites for hydroxylation is 1. The molecule has 0 aliphatic carbocycles. The highest BCUT2D eigenvalue weighted by Gasteiger charge is 2.09. The minimum atomic E-state index is 0.540. The number of hydrogen-bond donors (Lipinski definition) is 1. The third-order valence-electron chi connectivity index (χ3n) is 3.34. The van der Waals surface area contributed by atoms with Gasteiger partial charge >= 0.3 is 0 Å². The van der Waals surface area contributed by atoms with E-state index in [1.54, 1.807) is 0 Å². The van der Waals surface area contributed by atoms with Crippen LogP contribution in [-0.2, 0) is 13.0 Å². The minimum absolute atomic E-state index is 0.540. The Morgan fingerprint density at radius 1 is 1.16 bits per heavy atom. The molecule has 0 amide bonds. The van der Waals surface area contributed by atoms with Crippen molar-refractivity contribution in [3.05, 3.63) is 58.6 Å². The fraction of sp³-hybridized carbons (Fsp3) is 0.250. The maximum Gasteiger partial charge on any atom is 0.138 e. The molecule has 3 heteroatoms. The Morgan fingerprint density at radius 3 is 2.95 bits per heavy atom. The molecular weight excluding hydrogens is 258 g/mol. The molecule has 2 aromatic carbocycles. The summed E-state index contributed by atoms with van der Waals surface area (Å²) in [6.45, 7) is 1.60. The van der Waals surface area contributed by atoms with Crippen LogP contribution in [0.5, 0.6) is 5.75 Å². The third kappa shape index (κ3) is 2.85. The molecule has 0 atom stereocenters. The molecule has 0 fully saturated rings. The quantitative estimate of drug-likeness (QED) is 0.901. The van der Waals surface area contributed by atoms with Gasteiger partial charge in [0.05, 0.1) is 5.02 Å². The summed E-state index contributed by atoms with van der Waals surface area (Å²) in [5.41, 5.74) is 3.80. The number of ether oxygens (including phenoxy) is 1. The van der Waals surface area contributed by atoms with Gasteiger partial charge < -0.3 is 10.1 Å². The molecule has 0 bridgehead atoms. The van der Waals surface area contributed by atoms with Crippen molar-refractivity contribution >= 4 is 17.3 Å². The molecule has 0 saturated heterocycles. The zero-order valence-electron chi connectivity index (χ0n) is 10.7. The second kappa shape index (κ2) is 5.54. The fourth-order valence-corrected chi connectivity index (χ4v) is 2.51. The van der Waals surface area contributed by atoms with E-state index in [0.717, 1.165) is 24.3 Å². The van der Waals surface area contributed by atoms with E-state index in [0.29, 0.717) is 11.6 Å². The van der Waals surface area contributed by atoms with Crippen molar-refractivity contribution in [2.45, 2.75) is 19.4 Å². The van der Waals surface area contributed by atoms with Crippen LogP contribution in [0.4, 0.5) is 5.69 Å². The number of nitrogens with one attached hydrogen (secondary N) is 1. The summed E-state index contributed by atoms with van der Waals surface area (Å²) < 4.78 is 5.75. The van der Waals surface area contributed by atoms with Crippen LogP contribution in [0.25, 0.3) is 0 Å². The van der Waals surface area contributed by atoms with E-state index in [-0.39, 0.29) is 0 Å². The van der Waals surface area contributed by atoms with Crippen LogP contribution >= 0.6 is 11.6 Å². The van der Waals surface area contributed by atoms with Gasteiger partial charge in [0.25, 0.3) is 0 Å². The molecular formula is C16H16ClNO. The maximum absolute atomic E-state index is 6.07. The third-order valence-corrected chi connectivity index (χ3v) is 3.66. The molecule has 2 aromatic rings. The van der Waals surface area contributed by atoms with Gasteiger partial charge in [0.15, 0.2) is 0 Å². The van der Waals surface area contributed by atoms with Crippen LogP contribution in [0.15, 0.2) is 42.5 Å². The summed E-state index contributed by atoms with van der Waals surface area (Å²) in [5.74, 6) is 0.731. The predicted octanol–water partition coefficient (Wildman–Crippen LogP) is 4.28. The maximum atomic E-state index is 6.07. The van der Waals surface area contributed by atoms with E-state index in [1.165, 1.54) is 17.7 Å². The molecule has 98 valence electrons. The Kier molecular flexibility index (Phi) is 3.60. The molecule has 0 saturated carbocycles. The van der Waals surface area contributed by atoms with Gasteiger partial charge in [-0.1, -0.05) is 35.9 Å². The molecule has 2 nitrogen and oxygen atoms in total. The first kappa shape index (κ1) is 12.4. The lowest BCUT2D eigenvalue weighted by atomic mass is 10.0. The summed E-state index contributed by atoms with van der Waals surface area (Å²) in [6.07, 6.45) is 2.37. The largest absolute Gasteiger partial charge is 0.487 e. The molecule has 0 spiro atoms. The summed E-state index contributed by atoms with van der Waals surface area (Å²) in [7, 11) is 0. The van der Waals surface area contributed by atoms with Gasteiger partial charge in [-0.3, -0.25) is 0 Å². The van der Waals surface area contributed by atoms with Crippen molar-refractivity contribution in [2.75, 3.05) is 11.9 Å². The normalized spacial score (nSPS) is 13.5. The monoisotopic (exact) mass is 273 g/mol. The highest BCUT2D eigenvalue weighted by molar-refractivity contribution is 6.32. The molecule has 1 aliphatic rings. The topological polar surface area (TPSA) is 21.3 Å². The Balaban J connectivity index is 1.72. The van der Waals surface area contributed by atoms with Crippen molar-refractivity contribution in [1.29, 1.82) is 0 Å². The molecule has 19 heavy (non-hydrogen) atoms. The molecule has 3 rings (SSSR count). The average molecular weight is 274 g/mol. The smallest absolute Gasteiger partial charge is 0.138 e. The lowest BCUT2D eigenvalue weighted by Gasteiger charge is -2.19. The molecule has 0 aromatic heterocycles. The van der Waals surface area contributed by atoms with E-state index >= 15 is 0 Å². The number of rotatable bonds is 3. The first-order chi connectivity index (χ1) is 9.33. The number of fused-ring (bicyclic) bond motifs is 1. The number of hydrogen-bond acceptors (Lipinski definition) is 2. The highest BCUT2D eigenvalue weighted by atomic mass is 35.5. The molecule has 0 radical (unpaired) electrons. The lowest BCUT2D eigenvalue weighted by molar-refractivity contribution is 0.306. The van der Waals surface area contributed by atoms with Gasteiger partial charge in [0.1, 0.15) is 12.4 Å². The summed E-state index contributed by atoms with van der Waals surface area (Å²) >= 11 is 6.07. The van der Waals surface area contributed by atoms with Crippen molar-refractivity contribution < 1.29 is 4.74 Å². The zero-order valence-corrected chi connectivity index (χ0v) is 11.4. The van der Waals surface area contributed by atoms with E-state index in [2.05, 4.69) is 23.5 Å². The fourth-order valence-electron chi connectivity index (χ4n) is 2.32. The van der Waals surface area contributed by atoms with Gasteiger partial charge in [-0.25, -0.2) is 0 Å². The van der Waals surface area contributed by atoms with Gasteiger partial charge in [-0.2, -0.15) is 0 Å². The summed E-state index contributed by atoms with van der Waals surface area (Å²) in [6, 6.07) is 14.0. The summed E-state index contributed by atoms with van der Waals surface area (Å²) in [5, 5.41) is 4.08. The second-order valence-corrected chi connectivity index (χ2v) is 5.15. The molecule has 1 aliphatic heterocycles. The van der Waals surface area contributed by atoms with E-state index in [9.17, 15) is 0 Å². The first-order valence-corrected chi connectivity index (χ1v) is 6.94. The number of para-hydroxylation sites is 1. The standard InChI is InChI=1S/C16H16ClNO/c17-14-5-1-2-6-16(14)19-11-12-7-8-13-4-3-9-18-15(13)10-12/h1-2,5-8,10,18H,3-4,9,11H2. The average Bonchev–Trinajstić information content (AvgIpc) is 2.46. The van der Waals surface area contributed by atoms with Crippen LogP contribution in [0.2, 0.25) is 5.02 Å². The molecule has 0 unspecified atom stereocenters. The summed E-state index contributed by atoms with van der Waals surface area (Å²) in [4.78, 5) is 0. The molecule has 1 heterocycles. The Labute approximate surface area is 118 Å². The van der Waals surface area contributed by atoms with Crippen molar-refractivity contribution in [2.24, 2.45) is 0 Å². The van der Waals surface area contributed by atoms with Crippen molar-refractivity contribution in [3.63, 3.8) is 0 Å². The van der Waals surface area contributed by atoms with E-state index < -0.39 is 0 Å². The van der Waals surface area contributed by atoms with Gasteiger partial charge in [0.2, 0.25) is 0 Å².